The van der Waals surface area contributed by atoms with E-state index < -0.39 is 11.9 Å². The zero-order chi connectivity index (χ0) is 20.5. The van der Waals surface area contributed by atoms with Crippen LogP contribution >= 0.6 is 0 Å². The number of aromatic nitrogens is 1. The Morgan fingerprint density at radius 3 is 2.54 bits per heavy atom. The number of nitriles is 1. The van der Waals surface area contributed by atoms with Gasteiger partial charge in [0.25, 0.3) is 0 Å². The lowest BCUT2D eigenvalue weighted by molar-refractivity contribution is -0.132. The minimum Gasteiger partial charge on any atom is -0.478 e. The van der Waals surface area contributed by atoms with E-state index in [1.54, 1.807) is 30.5 Å². The Morgan fingerprint density at radius 2 is 1.96 bits per heavy atom. The Labute approximate surface area is 164 Å². The number of carbonyl (C=O) groups excluding carboxylic acids is 1. The van der Waals surface area contributed by atoms with Gasteiger partial charge in [0, 0.05) is 30.2 Å². The predicted molar refractivity (Wildman–Crippen MR) is 106 cm³/mol. The van der Waals surface area contributed by atoms with Gasteiger partial charge in [0.15, 0.2) is 0 Å². The number of rotatable bonds is 9. The van der Waals surface area contributed by atoms with Crippen molar-refractivity contribution >= 4 is 11.9 Å². The van der Waals surface area contributed by atoms with Gasteiger partial charge in [-0.2, -0.15) is 5.26 Å². The number of hydrogen-bond acceptors (Lipinski definition) is 4. The number of aliphatic carboxylic acids is 1. The minimum atomic E-state index is -1.05. The molecule has 0 atom stereocenters. The summed E-state index contributed by atoms with van der Waals surface area (Å²) in [6.07, 6.45) is 3.93. The van der Waals surface area contributed by atoms with Crippen molar-refractivity contribution < 1.29 is 14.7 Å². The highest BCUT2D eigenvalue weighted by Crippen LogP contribution is 2.24. The average molecular weight is 377 g/mol. The molecule has 28 heavy (non-hydrogen) atoms. The molecule has 3 N–H and O–H groups in total. The number of hydrogen-bond donors (Lipinski definition) is 2. The second kappa shape index (κ2) is 10.0. The second-order valence-corrected chi connectivity index (χ2v) is 6.52. The number of nitrogens with two attached hydrogens (primary N) is 1. The van der Waals surface area contributed by atoms with Crippen molar-refractivity contribution in [2.24, 2.45) is 5.73 Å². The van der Waals surface area contributed by atoms with E-state index in [-0.39, 0.29) is 18.4 Å². The van der Waals surface area contributed by atoms with Crippen molar-refractivity contribution in [3.05, 3.63) is 64.9 Å². The molecular formula is C22H23N3O3. The third-order valence-electron chi connectivity index (χ3n) is 4.43. The maximum absolute atomic E-state index is 11.8. The normalized spacial score (nSPS) is 11.4. The molecule has 0 fully saturated rings. The average Bonchev–Trinajstić information content (AvgIpc) is 2.69. The van der Waals surface area contributed by atoms with Crippen LogP contribution in [0.15, 0.2) is 53.7 Å². The lowest BCUT2D eigenvalue weighted by Gasteiger charge is -2.12. The van der Waals surface area contributed by atoms with Crippen molar-refractivity contribution in [3.63, 3.8) is 0 Å². The first-order chi connectivity index (χ1) is 13.5. The summed E-state index contributed by atoms with van der Waals surface area (Å²) in [5.41, 5.74) is 8.68. The molecule has 0 bridgehead atoms. The summed E-state index contributed by atoms with van der Waals surface area (Å²) in [4.78, 5) is 27.6. The number of unbranched alkanes of at least 4 members (excludes halogenated alkanes) is 1. The van der Waals surface area contributed by atoms with E-state index in [1.807, 2.05) is 19.1 Å². The number of nitrogens with zero attached hydrogens (tertiary/aromatic N) is 2. The van der Waals surface area contributed by atoms with Crippen LogP contribution in [0.3, 0.4) is 0 Å². The highest BCUT2D eigenvalue weighted by Gasteiger charge is 2.17. The van der Waals surface area contributed by atoms with Gasteiger partial charge < -0.3 is 10.8 Å². The molecule has 0 aliphatic rings. The Balaban J connectivity index is 2.33. The van der Waals surface area contributed by atoms with Crippen LogP contribution in [0.5, 0.6) is 0 Å². The van der Waals surface area contributed by atoms with Gasteiger partial charge in [-0.15, -0.1) is 0 Å². The van der Waals surface area contributed by atoms with Crippen LogP contribution in [0, 0.1) is 11.3 Å². The molecule has 1 aromatic heterocycles. The fourth-order valence-corrected chi connectivity index (χ4v) is 2.99. The van der Waals surface area contributed by atoms with E-state index in [1.165, 1.54) is 0 Å². The molecule has 1 aromatic carbocycles. The summed E-state index contributed by atoms with van der Waals surface area (Å²) in [6, 6.07) is 12.9. The third kappa shape index (κ3) is 5.52. The molecule has 2 aromatic rings. The van der Waals surface area contributed by atoms with E-state index in [2.05, 4.69) is 11.1 Å². The van der Waals surface area contributed by atoms with Crippen LogP contribution in [0.4, 0.5) is 0 Å². The number of amides is 1. The van der Waals surface area contributed by atoms with Gasteiger partial charge in [-0.1, -0.05) is 43.2 Å². The first kappa shape index (κ1) is 20.8. The maximum Gasteiger partial charge on any atom is 0.331 e. The number of pyridine rings is 1. The van der Waals surface area contributed by atoms with Crippen LogP contribution in [-0.4, -0.2) is 22.0 Å². The lowest BCUT2D eigenvalue weighted by Crippen LogP contribution is -2.16. The summed E-state index contributed by atoms with van der Waals surface area (Å²) in [5, 5.41) is 18.9. The number of carboxylic acids is 1. The molecule has 0 aliphatic carbocycles. The van der Waals surface area contributed by atoms with Crippen LogP contribution in [0.1, 0.15) is 43.7 Å². The van der Waals surface area contributed by atoms with Crippen LogP contribution in [0.2, 0.25) is 0 Å². The van der Waals surface area contributed by atoms with Crippen LogP contribution in [-0.2, 0) is 16.0 Å². The smallest absolute Gasteiger partial charge is 0.331 e. The number of primary amides is 1. The molecule has 0 saturated heterocycles. The van der Waals surface area contributed by atoms with Crippen molar-refractivity contribution in [1.29, 1.82) is 5.26 Å². The van der Waals surface area contributed by atoms with Gasteiger partial charge in [-0.25, -0.2) is 4.79 Å². The first-order valence-electron chi connectivity index (χ1n) is 9.13. The molecule has 0 aliphatic heterocycles. The fraction of sp³-hybridized carbons (Fsp3) is 0.273. The predicted octanol–water partition coefficient (Wildman–Crippen LogP) is 3.61. The highest BCUT2D eigenvalue weighted by molar-refractivity contribution is 5.90. The van der Waals surface area contributed by atoms with Crippen molar-refractivity contribution in [2.75, 3.05) is 0 Å². The summed E-state index contributed by atoms with van der Waals surface area (Å²) in [5.74, 6) is -1.59. The van der Waals surface area contributed by atoms with E-state index in [9.17, 15) is 20.0 Å². The van der Waals surface area contributed by atoms with Gasteiger partial charge in [0.1, 0.15) is 0 Å². The summed E-state index contributed by atoms with van der Waals surface area (Å²) in [6.45, 7) is 2.00. The topological polar surface area (TPSA) is 117 Å². The Bertz CT molecular complexity index is 925. The molecular weight excluding hydrogens is 354 g/mol. The maximum atomic E-state index is 11.8. The molecule has 0 unspecified atom stereocenters. The van der Waals surface area contributed by atoms with Crippen LogP contribution < -0.4 is 5.73 Å². The Kier molecular flexibility index (Phi) is 7.46. The number of benzene rings is 1. The SMILES string of the molecule is CCCC/C(CC(N)=O)=C(/Cc1ccc(-c2ccccc2C#N)nc1)C(=O)O. The lowest BCUT2D eigenvalue weighted by atomic mass is 9.94. The Morgan fingerprint density at radius 1 is 1.21 bits per heavy atom. The highest BCUT2D eigenvalue weighted by atomic mass is 16.4. The zero-order valence-electron chi connectivity index (χ0n) is 15.8. The zero-order valence-corrected chi connectivity index (χ0v) is 15.8. The van der Waals surface area contributed by atoms with E-state index >= 15 is 0 Å². The third-order valence-corrected chi connectivity index (χ3v) is 4.43. The largest absolute Gasteiger partial charge is 0.478 e. The minimum absolute atomic E-state index is 0.0529. The molecule has 1 amide bonds. The standard InChI is InChI=1S/C22H23N3O3/c1-2-3-6-16(12-21(24)26)19(22(27)28)11-15-9-10-20(25-14-15)18-8-5-4-7-17(18)13-23/h4-5,7-10,14H,2-3,6,11-12H2,1H3,(H2,24,26)(H,27,28)/b19-16+. The molecule has 0 saturated carbocycles. The van der Waals surface area contributed by atoms with E-state index in [0.29, 0.717) is 28.8 Å². The van der Waals surface area contributed by atoms with Gasteiger partial charge >= 0.3 is 5.97 Å². The fourth-order valence-electron chi connectivity index (χ4n) is 2.99. The quantitative estimate of drug-likeness (QED) is 0.647. The number of carboxylic acid groups (broad SMARTS) is 1. The van der Waals surface area contributed by atoms with Crippen LogP contribution in [0.25, 0.3) is 11.3 Å². The molecule has 0 radical (unpaired) electrons. The molecule has 144 valence electrons. The van der Waals surface area contributed by atoms with Gasteiger partial charge in [0.05, 0.1) is 17.3 Å². The van der Waals surface area contributed by atoms with Gasteiger partial charge in [-0.05, 0) is 30.5 Å². The summed E-state index contributed by atoms with van der Waals surface area (Å²) < 4.78 is 0. The van der Waals surface area contributed by atoms with Gasteiger partial charge in [0.2, 0.25) is 5.91 Å². The number of carbonyl (C=O) groups is 2. The van der Waals surface area contributed by atoms with E-state index in [4.69, 9.17) is 5.73 Å². The summed E-state index contributed by atoms with van der Waals surface area (Å²) >= 11 is 0. The molecule has 0 spiro atoms. The monoisotopic (exact) mass is 377 g/mol. The first-order valence-corrected chi connectivity index (χ1v) is 9.13. The van der Waals surface area contributed by atoms with Gasteiger partial charge in [-0.3, -0.25) is 9.78 Å². The van der Waals surface area contributed by atoms with Crippen molar-refractivity contribution in [3.8, 4) is 17.3 Å². The Hall–Kier alpha value is -3.46. The summed E-state index contributed by atoms with van der Waals surface area (Å²) in [7, 11) is 0. The molecule has 2 rings (SSSR count). The second-order valence-electron chi connectivity index (χ2n) is 6.52. The van der Waals surface area contributed by atoms with Crippen molar-refractivity contribution in [1.82, 2.24) is 4.98 Å². The molecule has 6 heteroatoms. The molecule has 1 heterocycles. The van der Waals surface area contributed by atoms with E-state index in [0.717, 1.165) is 18.4 Å². The molecule has 6 nitrogen and oxygen atoms in total. The van der Waals surface area contributed by atoms with Crippen molar-refractivity contribution in [2.45, 2.75) is 39.0 Å².